The molecule has 0 aliphatic rings. The van der Waals surface area contributed by atoms with Crippen molar-refractivity contribution < 1.29 is 0 Å². The summed E-state index contributed by atoms with van der Waals surface area (Å²) >= 11 is 12.4. The fourth-order valence-electron chi connectivity index (χ4n) is 1.85. The third-order valence-corrected chi connectivity index (χ3v) is 3.24. The lowest BCUT2D eigenvalue weighted by Crippen LogP contribution is -1.87. The zero-order valence-electron chi connectivity index (χ0n) is 9.22. The average Bonchev–Trinajstić information content (AvgIpc) is 2.20. The van der Waals surface area contributed by atoms with Crippen LogP contribution in [0.3, 0.4) is 0 Å². The van der Waals surface area contributed by atoms with E-state index in [0.29, 0.717) is 10.0 Å². The van der Waals surface area contributed by atoms with Crippen LogP contribution >= 0.6 is 23.2 Å². The van der Waals surface area contributed by atoms with Crippen molar-refractivity contribution in [2.24, 2.45) is 0 Å². The molecule has 0 saturated carbocycles. The van der Waals surface area contributed by atoms with Crippen molar-refractivity contribution in [1.29, 1.82) is 0 Å². The van der Waals surface area contributed by atoms with Gasteiger partial charge in [-0.25, -0.2) is 0 Å². The normalized spacial score (nSPS) is 10.5. The zero-order valence-corrected chi connectivity index (χ0v) is 10.7. The van der Waals surface area contributed by atoms with Crippen LogP contribution in [0.2, 0.25) is 10.0 Å². The molecule has 0 aromatic heterocycles. The Kier molecular flexibility index (Phi) is 3.22. The molecule has 0 amide bonds. The Morgan fingerprint density at radius 2 is 1.50 bits per heavy atom. The molecule has 82 valence electrons. The standard InChI is InChI=1S/C14H12Cl2/c1-9-6-7-11(10(2)8-9)14-12(15)4-3-5-13(14)16/h3-8H,1-2H3. The monoisotopic (exact) mass is 250 g/mol. The molecular weight excluding hydrogens is 239 g/mol. The number of hydrogen-bond donors (Lipinski definition) is 0. The minimum Gasteiger partial charge on any atom is -0.0836 e. The van der Waals surface area contributed by atoms with Gasteiger partial charge in [-0.05, 0) is 37.1 Å². The molecule has 2 rings (SSSR count). The van der Waals surface area contributed by atoms with Gasteiger partial charge in [0.1, 0.15) is 0 Å². The van der Waals surface area contributed by atoms with Crippen LogP contribution in [0.15, 0.2) is 36.4 Å². The highest BCUT2D eigenvalue weighted by atomic mass is 35.5. The van der Waals surface area contributed by atoms with E-state index in [9.17, 15) is 0 Å². The number of hydrogen-bond acceptors (Lipinski definition) is 0. The van der Waals surface area contributed by atoms with Gasteiger partial charge in [-0.15, -0.1) is 0 Å². The second kappa shape index (κ2) is 4.48. The molecule has 2 aromatic carbocycles. The van der Waals surface area contributed by atoms with Crippen LogP contribution in [0.1, 0.15) is 11.1 Å². The van der Waals surface area contributed by atoms with Crippen molar-refractivity contribution in [3.63, 3.8) is 0 Å². The summed E-state index contributed by atoms with van der Waals surface area (Å²) in [5.74, 6) is 0. The van der Waals surface area contributed by atoms with E-state index < -0.39 is 0 Å². The second-order valence-corrected chi connectivity index (χ2v) is 4.73. The first-order valence-corrected chi connectivity index (χ1v) is 5.87. The quantitative estimate of drug-likeness (QED) is 0.647. The molecule has 0 nitrogen and oxygen atoms in total. The Balaban J connectivity index is 2.68. The van der Waals surface area contributed by atoms with Gasteiger partial charge in [-0.2, -0.15) is 0 Å². The molecule has 0 heterocycles. The van der Waals surface area contributed by atoms with E-state index in [1.807, 2.05) is 18.2 Å². The minimum atomic E-state index is 0.694. The highest BCUT2D eigenvalue weighted by Gasteiger charge is 2.10. The van der Waals surface area contributed by atoms with Crippen molar-refractivity contribution >= 4 is 23.2 Å². The van der Waals surface area contributed by atoms with Crippen molar-refractivity contribution in [1.82, 2.24) is 0 Å². The lowest BCUT2D eigenvalue weighted by molar-refractivity contribution is 1.38. The maximum absolute atomic E-state index is 6.19. The molecule has 0 radical (unpaired) electrons. The largest absolute Gasteiger partial charge is 0.0836 e. The molecule has 0 saturated heterocycles. The zero-order chi connectivity index (χ0) is 11.7. The first-order valence-electron chi connectivity index (χ1n) is 5.11. The molecule has 0 aliphatic carbocycles. The lowest BCUT2D eigenvalue weighted by Gasteiger charge is -2.10. The molecule has 0 unspecified atom stereocenters. The fraction of sp³-hybridized carbons (Fsp3) is 0.143. The topological polar surface area (TPSA) is 0 Å². The number of benzene rings is 2. The Hall–Kier alpha value is -0.980. The Labute approximate surface area is 106 Å². The van der Waals surface area contributed by atoms with Crippen LogP contribution in [0.5, 0.6) is 0 Å². The van der Waals surface area contributed by atoms with E-state index in [1.165, 1.54) is 11.1 Å². The molecule has 0 N–H and O–H groups in total. The van der Waals surface area contributed by atoms with Gasteiger partial charge in [0.2, 0.25) is 0 Å². The molecule has 0 aliphatic heterocycles. The average molecular weight is 251 g/mol. The van der Waals surface area contributed by atoms with E-state index in [-0.39, 0.29) is 0 Å². The highest BCUT2D eigenvalue weighted by Crippen LogP contribution is 2.36. The van der Waals surface area contributed by atoms with Crippen LogP contribution in [0.4, 0.5) is 0 Å². The molecule has 16 heavy (non-hydrogen) atoms. The van der Waals surface area contributed by atoms with Crippen LogP contribution in [-0.4, -0.2) is 0 Å². The predicted molar refractivity (Wildman–Crippen MR) is 71.4 cm³/mol. The van der Waals surface area contributed by atoms with Crippen LogP contribution in [0.25, 0.3) is 11.1 Å². The van der Waals surface area contributed by atoms with Gasteiger partial charge in [0.25, 0.3) is 0 Å². The van der Waals surface area contributed by atoms with Gasteiger partial charge in [0.05, 0.1) is 0 Å². The van der Waals surface area contributed by atoms with E-state index >= 15 is 0 Å². The third kappa shape index (κ3) is 2.09. The summed E-state index contributed by atoms with van der Waals surface area (Å²) in [6.45, 7) is 4.15. The highest BCUT2D eigenvalue weighted by molar-refractivity contribution is 6.39. The van der Waals surface area contributed by atoms with Crippen LogP contribution in [-0.2, 0) is 0 Å². The second-order valence-electron chi connectivity index (χ2n) is 3.92. The van der Waals surface area contributed by atoms with Crippen LogP contribution in [0, 0.1) is 13.8 Å². The SMILES string of the molecule is Cc1ccc(-c2c(Cl)cccc2Cl)c(C)c1. The summed E-state index contributed by atoms with van der Waals surface area (Å²) in [6.07, 6.45) is 0. The molecular formula is C14H12Cl2. The van der Waals surface area contributed by atoms with E-state index in [4.69, 9.17) is 23.2 Å². The Bertz CT molecular complexity index is 510. The summed E-state index contributed by atoms with van der Waals surface area (Å²) in [6, 6.07) is 11.9. The molecule has 0 fully saturated rings. The molecule has 0 atom stereocenters. The summed E-state index contributed by atoms with van der Waals surface area (Å²) < 4.78 is 0. The number of halogens is 2. The van der Waals surface area contributed by atoms with Crippen molar-refractivity contribution in [2.45, 2.75) is 13.8 Å². The summed E-state index contributed by atoms with van der Waals surface area (Å²) in [5, 5.41) is 1.39. The predicted octanol–water partition coefficient (Wildman–Crippen LogP) is 5.28. The van der Waals surface area contributed by atoms with Gasteiger partial charge >= 0.3 is 0 Å². The van der Waals surface area contributed by atoms with E-state index in [0.717, 1.165) is 11.1 Å². The van der Waals surface area contributed by atoms with Gasteiger partial charge in [0.15, 0.2) is 0 Å². The molecule has 2 aromatic rings. The Morgan fingerprint density at radius 1 is 0.875 bits per heavy atom. The molecule has 0 spiro atoms. The lowest BCUT2D eigenvalue weighted by atomic mass is 9.99. The molecule has 0 bridgehead atoms. The van der Waals surface area contributed by atoms with Gasteiger partial charge in [0, 0.05) is 15.6 Å². The number of rotatable bonds is 1. The van der Waals surface area contributed by atoms with Crippen molar-refractivity contribution in [3.8, 4) is 11.1 Å². The summed E-state index contributed by atoms with van der Waals surface area (Å²) in [7, 11) is 0. The smallest absolute Gasteiger partial charge is 0.0499 e. The summed E-state index contributed by atoms with van der Waals surface area (Å²) in [5.41, 5.74) is 4.45. The fourth-order valence-corrected chi connectivity index (χ4v) is 2.45. The van der Waals surface area contributed by atoms with Gasteiger partial charge in [-0.1, -0.05) is 53.0 Å². The van der Waals surface area contributed by atoms with Crippen LogP contribution < -0.4 is 0 Å². The molecule has 2 heteroatoms. The van der Waals surface area contributed by atoms with Gasteiger partial charge < -0.3 is 0 Å². The third-order valence-electron chi connectivity index (χ3n) is 2.61. The summed E-state index contributed by atoms with van der Waals surface area (Å²) in [4.78, 5) is 0. The van der Waals surface area contributed by atoms with E-state index in [2.05, 4.69) is 32.0 Å². The first-order chi connectivity index (χ1) is 7.59. The maximum Gasteiger partial charge on any atom is 0.0499 e. The maximum atomic E-state index is 6.19. The Morgan fingerprint density at radius 3 is 2.06 bits per heavy atom. The van der Waals surface area contributed by atoms with E-state index in [1.54, 1.807) is 0 Å². The van der Waals surface area contributed by atoms with Crippen molar-refractivity contribution in [2.75, 3.05) is 0 Å². The number of aryl methyl sites for hydroxylation is 2. The van der Waals surface area contributed by atoms with Crippen molar-refractivity contribution in [3.05, 3.63) is 57.6 Å². The first kappa shape index (κ1) is 11.5. The van der Waals surface area contributed by atoms with Gasteiger partial charge in [-0.3, -0.25) is 0 Å². The minimum absolute atomic E-state index is 0.694.